The number of ether oxygens (including phenoxy) is 1. The van der Waals surface area contributed by atoms with Crippen molar-refractivity contribution in [2.75, 3.05) is 13.2 Å². The quantitative estimate of drug-likeness (QED) is 0.211. The van der Waals surface area contributed by atoms with Crippen LogP contribution in [0.1, 0.15) is 18.9 Å². The fourth-order valence-electron chi connectivity index (χ4n) is 3.38. The molecule has 0 fully saturated rings. The van der Waals surface area contributed by atoms with Gasteiger partial charge >= 0.3 is 0 Å². The lowest BCUT2D eigenvalue weighted by Crippen LogP contribution is -2.24. The summed E-state index contributed by atoms with van der Waals surface area (Å²) in [6.45, 7) is 3.82. The average Bonchev–Trinajstić information content (AvgIpc) is 2.78. The molecule has 2 aromatic carbocycles. The summed E-state index contributed by atoms with van der Waals surface area (Å²) in [6.07, 6.45) is 2.53. The Morgan fingerprint density at radius 3 is 2.80 bits per heavy atom. The van der Waals surface area contributed by atoms with Crippen molar-refractivity contribution in [1.82, 2.24) is 14.5 Å². The number of hydrogen-bond acceptors (Lipinski definition) is 5. The molecule has 0 unspecified atom stereocenters. The maximum absolute atomic E-state index is 13.1. The highest BCUT2D eigenvalue weighted by Crippen LogP contribution is 2.29. The minimum absolute atomic E-state index is 0.0151. The SMILES string of the molecule is CCOCCCn1c(SCc2ccc(Cl)c3cccnc23)nc2ccccc2c1=O. The predicted octanol–water partition coefficient (Wildman–Crippen LogP) is 5.32. The maximum Gasteiger partial charge on any atom is 0.262 e. The van der Waals surface area contributed by atoms with E-state index in [2.05, 4.69) is 4.98 Å². The first-order valence-electron chi connectivity index (χ1n) is 9.91. The molecular formula is C23H22ClN3O2S. The molecule has 0 saturated heterocycles. The van der Waals surface area contributed by atoms with Crippen molar-refractivity contribution >= 4 is 45.2 Å². The van der Waals surface area contributed by atoms with Gasteiger partial charge in [-0.25, -0.2) is 4.98 Å². The molecule has 30 heavy (non-hydrogen) atoms. The van der Waals surface area contributed by atoms with Crippen LogP contribution in [0.2, 0.25) is 5.02 Å². The van der Waals surface area contributed by atoms with Crippen LogP contribution < -0.4 is 5.56 Å². The predicted molar refractivity (Wildman–Crippen MR) is 123 cm³/mol. The van der Waals surface area contributed by atoms with Crippen molar-refractivity contribution in [2.45, 2.75) is 30.8 Å². The number of hydrogen-bond donors (Lipinski definition) is 0. The van der Waals surface area contributed by atoms with Gasteiger partial charge in [0.2, 0.25) is 0 Å². The zero-order chi connectivity index (χ0) is 20.9. The Morgan fingerprint density at radius 1 is 1.10 bits per heavy atom. The van der Waals surface area contributed by atoms with Crippen LogP contribution in [0.3, 0.4) is 0 Å². The first kappa shape index (κ1) is 20.8. The number of fused-ring (bicyclic) bond motifs is 2. The van der Waals surface area contributed by atoms with Gasteiger partial charge < -0.3 is 4.74 Å². The Bertz CT molecular complexity index is 1240. The molecule has 0 radical (unpaired) electrons. The molecule has 7 heteroatoms. The highest BCUT2D eigenvalue weighted by Gasteiger charge is 2.13. The number of rotatable bonds is 8. The molecule has 0 amide bonds. The van der Waals surface area contributed by atoms with E-state index in [-0.39, 0.29) is 5.56 Å². The van der Waals surface area contributed by atoms with Gasteiger partial charge in [0.05, 0.1) is 16.4 Å². The molecule has 4 rings (SSSR count). The number of nitrogens with zero attached hydrogens (tertiary/aromatic N) is 3. The van der Waals surface area contributed by atoms with Crippen LogP contribution in [0.5, 0.6) is 0 Å². The van der Waals surface area contributed by atoms with Gasteiger partial charge in [0.25, 0.3) is 5.56 Å². The van der Waals surface area contributed by atoms with Gasteiger partial charge in [0.15, 0.2) is 5.16 Å². The van der Waals surface area contributed by atoms with Crippen LogP contribution in [0.25, 0.3) is 21.8 Å². The smallest absolute Gasteiger partial charge is 0.262 e. The van der Waals surface area contributed by atoms with Crippen LogP contribution in [-0.2, 0) is 17.0 Å². The van der Waals surface area contributed by atoms with E-state index in [0.29, 0.717) is 46.6 Å². The molecule has 0 N–H and O–H groups in total. The molecule has 2 heterocycles. The Labute approximate surface area is 184 Å². The number of pyridine rings is 1. The maximum atomic E-state index is 13.1. The Balaban J connectivity index is 1.68. The molecule has 5 nitrogen and oxygen atoms in total. The summed E-state index contributed by atoms with van der Waals surface area (Å²) in [6, 6.07) is 15.2. The van der Waals surface area contributed by atoms with Crippen molar-refractivity contribution in [3.63, 3.8) is 0 Å². The van der Waals surface area contributed by atoms with E-state index in [1.807, 2.05) is 55.5 Å². The van der Waals surface area contributed by atoms with Gasteiger partial charge in [0.1, 0.15) is 0 Å². The van der Waals surface area contributed by atoms with Crippen LogP contribution in [0.4, 0.5) is 0 Å². The van der Waals surface area contributed by atoms with Crippen LogP contribution >= 0.6 is 23.4 Å². The van der Waals surface area contributed by atoms with Gasteiger partial charge in [-0.05, 0) is 49.2 Å². The fraction of sp³-hybridized carbons (Fsp3) is 0.261. The lowest BCUT2D eigenvalue weighted by molar-refractivity contribution is 0.140. The molecule has 2 aromatic heterocycles. The van der Waals surface area contributed by atoms with Gasteiger partial charge in [0, 0.05) is 42.1 Å². The second kappa shape index (κ2) is 9.60. The summed E-state index contributed by atoms with van der Waals surface area (Å²) < 4.78 is 7.21. The minimum atomic E-state index is -0.0151. The monoisotopic (exact) mass is 439 g/mol. The minimum Gasteiger partial charge on any atom is -0.382 e. The van der Waals surface area contributed by atoms with E-state index in [0.717, 1.165) is 22.9 Å². The number of para-hydroxylation sites is 1. The van der Waals surface area contributed by atoms with Crippen molar-refractivity contribution in [1.29, 1.82) is 0 Å². The number of benzene rings is 2. The summed E-state index contributed by atoms with van der Waals surface area (Å²) in [7, 11) is 0. The van der Waals surface area contributed by atoms with Gasteiger partial charge in [-0.1, -0.05) is 41.6 Å². The first-order chi connectivity index (χ1) is 14.7. The lowest BCUT2D eigenvalue weighted by atomic mass is 10.1. The third-order valence-corrected chi connectivity index (χ3v) is 6.21. The van der Waals surface area contributed by atoms with Crippen molar-refractivity contribution in [3.05, 3.63) is 75.7 Å². The molecular weight excluding hydrogens is 418 g/mol. The highest BCUT2D eigenvalue weighted by atomic mass is 35.5. The third kappa shape index (κ3) is 4.36. The van der Waals surface area contributed by atoms with Gasteiger partial charge in [-0.15, -0.1) is 0 Å². The largest absolute Gasteiger partial charge is 0.382 e. The topological polar surface area (TPSA) is 57.0 Å². The first-order valence-corrected chi connectivity index (χ1v) is 11.3. The van der Waals surface area contributed by atoms with E-state index in [1.165, 1.54) is 0 Å². The zero-order valence-electron chi connectivity index (χ0n) is 16.7. The van der Waals surface area contributed by atoms with E-state index >= 15 is 0 Å². The van der Waals surface area contributed by atoms with Crippen LogP contribution in [-0.4, -0.2) is 27.7 Å². The van der Waals surface area contributed by atoms with E-state index in [9.17, 15) is 4.79 Å². The Hall–Kier alpha value is -2.41. The molecule has 0 atom stereocenters. The number of aromatic nitrogens is 3. The molecule has 0 aliphatic heterocycles. The highest BCUT2D eigenvalue weighted by molar-refractivity contribution is 7.98. The molecule has 0 bridgehead atoms. The standard InChI is InChI=1S/C23H22ClN3O2S/c1-2-29-14-6-13-27-22(28)18-7-3-4-9-20(18)26-23(27)30-15-16-10-11-19(24)17-8-5-12-25-21(16)17/h3-5,7-12H,2,6,13-15H2,1H3. The van der Waals surface area contributed by atoms with E-state index in [1.54, 1.807) is 22.5 Å². The fourth-order valence-corrected chi connectivity index (χ4v) is 4.61. The number of thioether (sulfide) groups is 1. The zero-order valence-corrected chi connectivity index (χ0v) is 18.2. The summed E-state index contributed by atoms with van der Waals surface area (Å²) >= 11 is 7.87. The molecule has 0 aliphatic carbocycles. The van der Waals surface area contributed by atoms with Crippen molar-refractivity contribution < 1.29 is 4.74 Å². The summed E-state index contributed by atoms with van der Waals surface area (Å²) in [4.78, 5) is 22.4. The summed E-state index contributed by atoms with van der Waals surface area (Å²) in [5.41, 5.74) is 2.63. The van der Waals surface area contributed by atoms with E-state index in [4.69, 9.17) is 21.3 Å². The Morgan fingerprint density at radius 2 is 1.93 bits per heavy atom. The normalized spacial score (nSPS) is 11.4. The van der Waals surface area contributed by atoms with Crippen molar-refractivity contribution in [3.8, 4) is 0 Å². The number of halogens is 1. The second-order valence-electron chi connectivity index (χ2n) is 6.81. The second-order valence-corrected chi connectivity index (χ2v) is 8.16. The van der Waals surface area contributed by atoms with E-state index < -0.39 is 0 Å². The third-order valence-electron chi connectivity index (χ3n) is 4.86. The van der Waals surface area contributed by atoms with Gasteiger partial charge in [-0.2, -0.15) is 0 Å². The molecule has 0 spiro atoms. The Kier molecular flexibility index (Phi) is 6.67. The summed E-state index contributed by atoms with van der Waals surface area (Å²) in [5.74, 6) is 0.640. The van der Waals surface area contributed by atoms with Crippen LogP contribution in [0, 0.1) is 0 Å². The molecule has 0 saturated carbocycles. The molecule has 4 aromatic rings. The van der Waals surface area contributed by atoms with Crippen molar-refractivity contribution in [2.24, 2.45) is 0 Å². The average molecular weight is 440 g/mol. The lowest BCUT2D eigenvalue weighted by Gasteiger charge is -2.14. The summed E-state index contributed by atoms with van der Waals surface area (Å²) in [5, 5.41) is 2.95. The molecule has 0 aliphatic rings. The molecule has 154 valence electrons. The van der Waals surface area contributed by atoms with Gasteiger partial charge in [-0.3, -0.25) is 14.3 Å². The van der Waals surface area contributed by atoms with Crippen LogP contribution in [0.15, 0.2) is 64.7 Å².